The van der Waals surface area contributed by atoms with Gasteiger partial charge in [-0.05, 0) is 56.7 Å². The molecule has 0 saturated carbocycles. The molecule has 4 aromatic rings. The fraction of sp³-hybridized carbons (Fsp3) is 0.280. The summed E-state index contributed by atoms with van der Waals surface area (Å²) in [5.41, 5.74) is 4.50. The van der Waals surface area contributed by atoms with E-state index in [2.05, 4.69) is 24.0 Å². The van der Waals surface area contributed by atoms with Gasteiger partial charge in [-0.1, -0.05) is 29.8 Å². The molecule has 1 saturated heterocycles. The Hall–Kier alpha value is -3.45. The standard InChI is InChI=1S/C25H25ClN6O/c1-16-6-4-5-7-21(16)32-24-22(17(2)29-32)23(27-18(3)28-24)30-12-14-31(15-13-30)25(33)19-8-10-20(26)11-9-19/h4-11H,12-15H2,1-3H3. The third-order valence-corrected chi connectivity index (χ3v) is 6.35. The number of aryl methyl sites for hydroxylation is 3. The van der Waals surface area contributed by atoms with E-state index in [1.165, 1.54) is 0 Å². The molecule has 168 valence electrons. The molecule has 0 unspecified atom stereocenters. The molecule has 2 aromatic heterocycles. The summed E-state index contributed by atoms with van der Waals surface area (Å²) in [5, 5.41) is 6.41. The molecular weight excluding hydrogens is 436 g/mol. The number of nitrogens with zero attached hydrogens (tertiary/aromatic N) is 6. The van der Waals surface area contributed by atoms with Crippen molar-refractivity contribution in [1.29, 1.82) is 0 Å². The maximum absolute atomic E-state index is 12.9. The van der Waals surface area contributed by atoms with E-state index in [9.17, 15) is 4.79 Å². The number of amides is 1. The lowest BCUT2D eigenvalue weighted by molar-refractivity contribution is 0.0746. The van der Waals surface area contributed by atoms with Crippen LogP contribution in [0.2, 0.25) is 5.02 Å². The summed E-state index contributed by atoms with van der Waals surface area (Å²) in [7, 11) is 0. The van der Waals surface area contributed by atoms with Crippen molar-refractivity contribution in [3.05, 3.63) is 76.2 Å². The molecule has 0 N–H and O–H groups in total. The third-order valence-electron chi connectivity index (χ3n) is 6.10. The third kappa shape index (κ3) is 3.93. The zero-order valence-electron chi connectivity index (χ0n) is 18.9. The number of aromatic nitrogens is 4. The molecule has 1 fully saturated rings. The van der Waals surface area contributed by atoms with E-state index in [0.29, 0.717) is 42.6 Å². The zero-order chi connectivity index (χ0) is 23.1. The van der Waals surface area contributed by atoms with Gasteiger partial charge in [0.2, 0.25) is 0 Å². The van der Waals surface area contributed by atoms with Crippen molar-refractivity contribution in [1.82, 2.24) is 24.6 Å². The topological polar surface area (TPSA) is 67.2 Å². The summed E-state index contributed by atoms with van der Waals surface area (Å²) in [6, 6.07) is 15.2. The van der Waals surface area contributed by atoms with Crippen molar-refractivity contribution in [2.75, 3.05) is 31.1 Å². The smallest absolute Gasteiger partial charge is 0.253 e. The first kappa shape index (κ1) is 21.4. The largest absolute Gasteiger partial charge is 0.352 e. The summed E-state index contributed by atoms with van der Waals surface area (Å²) < 4.78 is 1.92. The van der Waals surface area contributed by atoms with Gasteiger partial charge in [0.05, 0.1) is 16.8 Å². The second-order valence-electron chi connectivity index (χ2n) is 8.36. The molecule has 7 nitrogen and oxygen atoms in total. The van der Waals surface area contributed by atoms with Gasteiger partial charge < -0.3 is 9.80 Å². The predicted molar refractivity (Wildman–Crippen MR) is 130 cm³/mol. The van der Waals surface area contributed by atoms with Gasteiger partial charge in [-0.2, -0.15) is 5.10 Å². The number of carbonyl (C=O) groups excluding carboxylic acids is 1. The molecule has 0 atom stereocenters. The quantitative estimate of drug-likeness (QED) is 0.454. The minimum Gasteiger partial charge on any atom is -0.352 e. The molecule has 3 heterocycles. The van der Waals surface area contributed by atoms with Gasteiger partial charge in [0.25, 0.3) is 5.91 Å². The average molecular weight is 461 g/mol. The van der Waals surface area contributed by atoms with E-state index in [4.69, 9.17) is 26.7 Å². The molecule has 33 heavy (non-hydrogen) atoms. The summed E-state index contributed by atoms with van der Waals surface area (Å²) in [6.45, 7) is 8.62. The maximum atomic E-state index is 12.9. The Kier molecular flexibility index (Phi) is 5.50. The number of rotatable bonds is 3. The van der Waals surface area contributed by atoms with E-state index in [1.54, 1.807) is 24.3 Å². The van der Waals surface area contributed by atoms with E-state index in [1.807, 2.05) is 35.6 Å². The van der Waals surface area contributed by atoms with Gasteiger partial charge >= 0.3 is 0 Å². The second kappa shape index (κ2) is 8.48. The number of halogens is 1. The highest BCUT2D eigenvalue weighted by Crippen LogP contribution is 2.30. The van der Waals surface area contributed by atoms with Crippen LogP contribution in [0.1, 0.15) is 27.4 Å². The van der Waals surface area contributed by atoms with Crippen LogP contribution in [0.25, 0.3) is 16.7 Å². The monoisotopic (exact) mass is 460 g/mol. The van der Waals surface area contributed by atoms with Gasteiger partial charge in [0, 0.05) is 36.8 Å². The lowest BCUT2D eigenvalue weighted by Crippen LogP contribution is -2.49. The molecule has 8 heteroatoms. The molecular formula is C25H25ClN6O. The Morgan fingerprint density at radius 2 is 1.61 bits per heavy atom. The van der Waals surface area contributed by atoms with Crippen molar-refractivity contribution >= 4 is 34.4 Å². The molecule has 0 bridgehead atoms. The Morgan fingerprint density at radius 1 is 0.909 bits per heavy atom. The first-order valence-electron chi connectivity index (χ1n) is 11.0. The SMILES string of the molecule is Cc1nc(N2CCN(C(=O)c3ccc(Cl)cc3)CC2)c2c(C)nn(-c3ccccc3C)c2n1. The number of hydrogen-bond donors (Lipinski definition) is 0. The fourth-order valence-corrected chi connectivity index (χ4v) is 4.49. The number of anilines is 1. The Morgan fingerprint density at radius 3 is 2.30 bits per heavy atom. The lowest BCUT2D eigenvalue weighted by Gasteiger charge is -2.35. The summed E-state index contributed by atoms with van der Waals surface area (Å²) >= 11 is 5.96. The van der Waals surface area contributed by atoms with Crippen molar-refractivity contribution in [2.45, 2.75) is 20.8 Å². The second-order valence-corrected chi connectivity index (χ2v) is 8.80. The van der Waals surface area contributed by atoms with Crippen molar-refractivity contribution in [3.8, 4) is 5.69 Å². The molecule has 5 rings (SSSR count). The minimum absolute atomic E-state index is 0.0267. The first-order chi connectivity index (χ1) is 15.9. The van der Waals surface area contributed by atoms with Crippen LogP contribution in [0.4, 0.5) is 5.82 Å². The van der Waals surface area contributed by atoms with Crippen LogP contribution in [0.3, 0.4) is 0 Å². The van der Waals surface area contributed by atoms with Crippen LogP contribution >= 0.6 is 11.6 Å². The molecule has 2 aromatic carbocycles. The van der Waals surface area contributed by atoms with Crippen molar-refractivity contribution in [2.24, 2.45) is 0 Å². The lowest BCUT2D eigenvalue weighted by atomic mass is 10.1. The molecule has 0 aliphatic carbocycles. The highest BCUT2D eigenvalue weighted by molar-refractivity contribution is 6.30. The first-order valence-corrected chi connectivity index (χ1v) is 11.4. The van der Waals surface area contributed by atoms with Gasteiger partial charge in [-0.3, -0.25) is 4.79 Å². The molecule has 1 aliphatic rings. The fourth-order valence-electron chi connectivity index (χ4n) is 4.36. The highest BCUT2D eigenvalue weighted by Gasteiger charge is 2.26. The number of piperazine rings is 1. The van der Waals surface area contributed by atoms with Crippen LogP contribution in [-0.4, -0.2) is 56.7 Å². The molecule has 0 radical (unpaired) electrons. The number of fused-ring (bicyclic) bond motifs is 1. The summed E-state index contributed by atoms with van der Waals surface area (Å²) in [5.74, 6) is 1.61. The predicted octanol–water partition coefficient (Wildman–Crippen LogP) is 4.36. The van der Waals surface area contributed by atoms with Crippen LogP contribution in [0, 0.1) is 20.8 Å². The van der Waals surface area contributed by atoms with E-state index in [-0.39, 0.29) is 5.91 Å². The van der Waals surface area contributed by atoms with Crippen molar-refractivity contribution in [3.63, 3.8) is 0 Å². The summed E-state index contributed by atoms with van der Waals surface area (Å²) in [4.78, 5) is 26.6. The van der Waals surface area contributed by atoms with Crippen LogP contribution in [0.5, 0.6) is 0 Å². The Bertz CT molecular complexity index is 1340. The summed E-state index contributed by atoms with van der Waals surface area (Å²) in [6.07, 6.45) is 0. The highest BCUT2D eigenvalue weighted by atomic mass is 35.5. The number of hydrogen-bond acceptors (Lipinski definition) is 5. The maximum Gasteiger partial charge on any atom is 0.253 e. The van der Waals surface area contributed by atoms with Gasteiger partial charge in [0.1, 0.15) is 11.6 Å². The molecule has 1 amide bonds. The molecule has 0 spiro atoms. The van der Waals surface area contributed by atoms with Crippen LogP contribution in [-0.2, 0) is 0 Å². The number of benzene rings is 2. The normalized spacial score (nSPS) is 14.2. The molecule has 1 aliphatic heterocycles. The Labute approximate surface area is 197 Å². The number of carbonyl (C=O) groups is 1. The van der Waals surface area contributed by atoms with Crippen LogP contribution < -0.4 is 4.90 Å². The van der Waals surface area contributed by atoms with E-state index < -0.39 is 0 Å². The van der Waals surface area contributed by atoms with E-state index in [0.717, 1.165) is 33.8 Å². The number of para-hydroxylation sites is 1. The minimum atomic E-state index is 0.0267. The van der Waals surface area contributed by atoms with Gasteiger partial charge in [-0.15, -0.1) is 0 Å². The van der Waals surface area contributed by atoms with Crippen LogP contribution in [0.15, 0.2) is 48.5 Å². The van der Waals surface area contributed by atoms with E-state index >= 15 is 0 Å². The average Bonchev–Trinajstić information content (AvgIpc) is 3.15. The Balaban J connectivity index is 1.45. The van der Waals surface area contributed by atoms with Crippen molar-refractivity contribution < 1.29 is 4.79 Å². The zero-order valence-corrected chi connectivity index (χ0v) is 19.7. The van der Waals surface area contributed by atoms with Gasteiger partial charge in [-0.25, -0.2) is 14.6 Å². The van der Waals surface area contributed by atoms with Gasteiger partial charge in [0.15, 0.2) is 5.65 Å².